The highest BCUT2D eigenvalue weighted by Gasteiger charge is 2.46. The maximum Gasteiger partial charge on any atom is 0.337 e. The number of benzene rings is 1. The Kier molecular flexibility index (Phi) is 6.52. The Balaban J connectivity index is 2.84. The zero-order valence-electron chi connectivity index (χ0n) is 14.1. The van der Waals surface area contributed by atoms with Crippen LogP contribution in [0.5, 0.6) is 5.75 Å². The van der Waals surface area contributed by atoms with Crippen LogP contribution >= 0.6 is 0 Å². The average molecular weight is 336 g/mol. The van der Waals surface area contributed by atoms with Crippen molar-refractivity contribution < 1.29 is 33.3 Å². The third-order valence-corrected chi connectivity index (χ3v) is 3.58. The Morgan fingerprint density at radius 3 is 1.88 bits per heavy atom. The summed E-state index contributed by atoms with van der Waals surface area (Å²) in [5.74, 6) is -1.61. The van der Waals surface area contributed by atoms with Gasteiger partial charge in [0.05, 0.1) is 26.9 Å². The van der Waals surface area contributed by atoms with E-state index in [1.165, 1.54) is 40.4 Å². The highest BCUT2D eigenvalue weighted by Crippen LogP contribution is 2.30. The molecule has 0 fully saturated rings. The van der Waals surface area contributed by atoms with E-state index in [2.05, 4.69) is 20.8 Å². The Bertz CT molecular complexity index is 615. The van der Waals surface area contributed by atoms with Crippen LogP contribution in [0.15, 0.2) is 36.4 Å². The van der Waals surface area contributed by atoms with Crippen molar-refractivity contribution in [2.75, 3.05) is 27.9 Å². The number of esters is 3. The van der Waals surface area contributed by atoms with Gasteiger partial charge in [0, 0.05) is 0 Å². The second kappa shape index (κ2) is 8.14. The van der Waals surface area contributed by atoms with Crippen molar-refractivity contribution in [3.63, 3.8) is 0 Å². The Morgan fingerprint density at radius 2 is 1.46 bits per heavy atom. The molecule has 0 bridgehead atoms. The van der Waals surface area contributed by atoms with Gasteiger partial charge in [0.1, 0.15) is 12.4 Å². The van der Waals surface area contributed by atoms with E-state index in [9.17, 15) is 14.4 Å². The molecule has 0 aliphatic rings. The fraction of sp³-hybridized carbons (Fsp3) is 0.353. The molecule has 1 aromatic rings. The predicted molar refractivity (Wildman–Crippen MR) is 84.6 cm³/mol. The van der Waals surface area contributed by atoms with E-state index >= 15 is 0 Å². The van der Waals surface area contributed by atoms with Crippen molar-refractivity contribution in [2.24, 2.45) is 5.41 Å². The van der Waals surface area contributed by atoms with Crippen LogP contribution < -0.4 is 4.74 Å². The van der Waals surface area contributed by atoms with Crippen molar-refractivity contribution in [1.29, 1.82) is 0 Å². The molecule has 0 radical (unpaired) electrons. The lowest BCUT2D eigenvalue weighted by molar-refractivity contribution is -0.164. The van der Waals surface area contributed by atoms with Gasteiger partial charge < -0.3 is 18.9 Å². The minimum absolute atomic E-state index is 0.113. The molecule has 1 aromatic carbocycles. The monoisotopic (exact) mass is 336 g/mol. The van der Waals surface area contributed by atoms with Crippen LogP contribution in [-0.2, 0) is 23.8 Å². The first-order valence-corrected chi connectivity index (χ1v) is 6.97. The quantitative estimate of drug-likeness (QED) is 0.324. The van der Waals surface area contributed by atoms with Gasteiger partial charge in [-0.2, -0.15) is 0 Å². The normalized spacial score (nSPS) is 10.5. The summed E-state index contributed by atoms with van der Waals surface area (Å²) in [5, 5.41) is 0. The molecule has 24 heavy (non-hydrogen) atoms. The van der Waals surface area contributed by atoms with Crippen LogP contribution in [0.1, 0.15) is 17.3 Å². The highest BCUT2D eigenvalue weighted by atomic mass is 16.5. The molecule has 0 amide bonds. The highest BCUT2D eigenvalue weighted by molar-refractivity contribution is 6.03. The molecule has 0 unspecified atom stereocenters. The summed E-state index contributed by atoms with van der Waals surface area (Å²) >= 11 is 0. The zero-order chi connectivity index (χ0) is 18.3. The summed E-state index contributed by atoms with van der Waals surface area (Å²) in [6, 6.07) is 6.19. The van der Waals surface area contributed by atoms with E-state index in [0.717, 1.165) is 0 Å². The molecule has 0 heterocycles. The lowest BCUT2D eigenvalue weighted by Crippen LogP contribution is -2.41. The van der Waals surface area contributed by atoms with Gasteiger partial charge in [0.25, 0.3) is 0 Å². The van der Waals surface area contributed by atoms with Gasteiger partial charge in [0.2, 0.25) is 0 Å². The van der Waals surface area contributed by atoms with E-state index in [0.29, 0.717) is 11.3 Å². The minimum Gasteiger partial charge on any atom is -0.489 e. The molecule has 0 saturated carbocycles. The molecule has 0 atom stereocenters. The molecular weight excluding hydrogens is 316 g/mol. The van der Waals surface area contributed by atoms with Gasteiger partial charge in [-0.25, -0.2) is 4.79 Å². The molecule has 0 N–H and O–H groups in total. The van der Waals surface area contributed by atoms with E-state index in [4.69, 9.17) is 4.74 Å². The van der Waals surface area contributed by atoms with E-state index in [-0.39, 0.29) is 12.2 Å². The molecule has 0 saturated heterocycles. The third kappa shape index (κ3) is 3.92. The van der Waals surface area contributed by atoms with Crippen molar-refractivity contribution in [3.8, 4) is 5.75 Å². The molecule has 0 aliphatic heterocycles. The van der Waals surface area contributed by atoms with Crippen LogP contribution in [0.4, 0.5) is 0 Å². The van der Waals surface area contributed by atoms with Crippen LogP contribution in [0.3, 0.4) is 0 Å². The molecule has 1 rings (SSSR count). The SMILES string of the molecule is C=C(COc1ccc(C(=O)OC)cc1)C(C)(C(=O)OC)C(=O)OC. The lowest BCUT2D eigenvalue weighted by Gasteiger charge is -2.26. The van der Waals surface area contributed by atoms with Crippen LogP contribution in [0, 0.1) is 5.41 Å². The van der Waals surface area contributed by atoms with Gasteiger partial charge in [0.15, 0.2) is 5.41 Å². The van der Waals surface area contributed by atoms with Gasteiger partial charge >= 0.3 is 17.9 Å². The number of hydrogen-bond donors (Lipinski definition) is 0. The van der Waals surface area contributed by atoms with Crippen LogP contribution in [0.2, 0.25) is 0 Å². The maximum atomic E-state index is 11.9. The second-order valence-electron chi connectivity index (χ2n) is 5.02. The Hall–Kier alpha value is -2.83. The first-order chi connectivity index (χ1) is 11.3. The molecule has 0 aliphatic carbocycles. The zero-order valence-corrected chi connectivity index (χ0v) is 14.1. The van der Waals surface area contributed by atoms with Crippen LogP contribution in [-0.4, -0.2) is 45.8 Å². The third-order valence-electron chi connectivity index (χ3n) is 3.58. The van der Waals surface area contributed by atoms with Gasteiger partial charge in [-0.05, 0) is 36.8 Å². The standard InChI is InChI=1S/C17H20O7/c1-11(17(2,15(19)22-4)16(20)23-5)10-24-13-8-6-12(7-9-13)14(18)21-3/h6-9H,1,10H2,2-5H3. The summed E-state index contributed by atoms with van der Waals surface area (Å²) in [6.07, 6.45) is 0. The molecule has 7 nitrogen and oxygen atoms in total. The Morgan fingerprint density at radius 1 is 0.958 bits per heavy atom. The van der Waals surface area contributed by atoms with E-state index in [1.807, 2.05) is 0 Å². The first-order valence-electron chi connectivity index (χ1n) is 6.97. The summed E-state index contributed by atoms with van der Waals surface area (Å²) in [4.78, 5) is 35.3. The maximum absolute atomic E-state index is 11.9. The minimum atomic E-state index is -1.67. The van der Waals surface area contributed by atoms with E-state index in [1.54, 1.807) is 12.1 Å². The summed E-state index contributed by atoms with van der Waals surface area (Å²) in [6.45, 7) is 4.98. The smallest absolute Gasteiger partial charge is 0.337 e. The summed E-state index contributed by atoms with van der Waals surface area (Å²) < 4.78 is 19.4. The first kappa shape index (κ1) is 19.2. The van der Waals surface area contributed by atoms with Crippen LogP contribution in [0.25, 0.3) is 0 Å². The number of carbonyl (C=O) groups excluding carboxylic acids is 3. The lowest BCUT2D eigenvalue weighted by atomic mass is 9.83. The van der Waals surface area contributed by atoms with Crippen molar-refractivity contribution >= 4 is 17.9 Å². The van der Waals surface area contributed by atoms with Crippen molar-refractivity contribution in [3.05, 3.63) is 42.0 Å². The molecule has 130 valence electrons. The van der Waals surface area contributed by atoms with Gasteiger partial charge in [-0.3, -0.25) is 9.59 Å². The molecule has 0 spiro atoms. The van der Waals surface area contributed by atoms with Crippen molar-refractivity contribution in [2.45, 2.75) is 6.92 Å². The number of rotatable bonds is 7. The number of hydrogen-bond acceptors (Lipinski definition) is 7. The van der Waals surface area contributed by atoms with Gasteiger partial charge in [-0.15, -0.1) is 0 Å². The van der Waals surface area contributed by atoms with E-state index < -0.39 is 23.3 Å². The summed E-state index contributed by atoms with van der Waals surface area (Å²) in [7, 11) is 3.63. The molecule has 0 aromatic heterocycles. The summed E-state index contributed by atoms with van der Waals surface area (Å²) in [5.41, 5.74) is -1.12. The Labute approximate surface area is 140 Å². The topological polar surface area (TPSA) is 88.1 Å². The largest absolute Gasteiger partial charge is 0.489 e. The number of ether oxygens (including phenoxy) is 4. The van der Waals surface area contributed by atoms with Crippen molar-refractivity contribution in [1.82, 2.24) is 0 Å². The number of carbonyl (C=O) groups is 3. The fourth-order valence-corrected chi connectivity index (χ4v) is 1.90. The van der Waals surface area contributed by atoms with Gasteiger partial charge in [-0.1, -0.05) is 6.58 Å². The second-order valence-corrected chi connectivity index (χ2v) is 5.02. The number of methoxy groups -OCH3 is 3. The molecule has 7 heteroatoms. The predicted octanol–water partition coefficient (Wildman–Crippen LogP) is 1.76. The molecular formula is C17H20O7. The fourth-order valence-electron chi connectivity index (χ4n) is 1.90. The average Bonchev–Trinajstić information content (AvgIpc) is 2.63.